The first kappa shape index (κ1) is 12.6. The molecule has 3 rings (SSSR count). The van der Waals surface area contributed by atoms with Crippen molar-refractivity contribution in [2.45, 2.75) is 12.6 Å². The number of nitrogens with zero attached hydrogens (tertiary/aromatic N) is 2. The number of halogens is 3. The van der Waals surface area contributed by atoms with Gasteiger partial charge in [0.15, 0.2) is 0 Å². The Morgan fingerprint density at radius 1 is 1.42 bits per heavy atom. The van der Waals surface area contributed by atoms with E-state index in [2.05, 4.69) is 15.3 Å². The smallest absolute Gasteiger partial charge is 0.231 e. The van der Waals surface area contributed by atoms with Gasteiger partial charge in [-0.2, -0.15) is 0 Å². The summed E-state index contributed by atoms with van der Waals surface area (Å²) in [4.78, 5) is 19.5. The maximum atomic E-state index is 12.8. The first-order chi connectivity index (χ1) is 9.04. The summed E-state index contributed by atoms with van der Waals surface area (Å²) in [5.41, 5.74) is 0. The molecular formula is C12H8Cl2FN3O. The van der Waals surface area contributed by atoms with E-state index < -0.39 is 12.1 Å². The molecule has 0 radical (unpaired) electrons. The molecule has 2 aromatic rings. The molecule has 19 heavy (non-hydrogen) atoms. The summed E-state index contributed by atoms with van der Waals surface area (Å²) in [6.45, 7) is 0. The van der Waals surface area contributed by atoms with Crippen molar-refractivity contribution in [2.24, 2.45) is 5.92 Å². The van der Waals surface area contributed by atoms with E-state index >= 15 is 0 Å². The second-order valence-corrected chi connectivity index (χ2v) is 5.12. The Hall–Kier alpha value is -1.46. The molecule has 1 fully saturated rings. The molecule has 1 N–H and O–H groups in total. The van der Waals surface area contributed by atoms with Crippen LogP contribution in [0.2, 0.25) is 10.3 Å². The van der Waals surface area contributed by atoms with Gasteiger partial charge in [0, 0.05) is 11.6 Å². The Morgan fingerprint density at radius 3 is 2.84 bits per heavy atom. The van der Waals surface area contributed by atoms with Crippen LogP contribution in [0.1, 0.15) is 6.42 Å². The summed E-state index contributed by atoms with van der Waals surface area (Å²) in [5, 5.41) is 4.42. The molecular weight excluding hydrogens is 292 g/mol. The maximum absolute atomic E-state index is 12.8. The minimum Gasteiger partial charge on any atom is -0.310 e. The van der Waals surface area contributed by atoms with Gasteiger partial charge in [-0.3, -0.25) is 4.79 Å². The lowest BCUT2D eigenvalue weighted by atomic mass is 10.2. The molecule has 0 saturated heterocycles. The molecule has 1 aliphatic carbocycles. The van der Waals surface area contributed by atoms with Crippen LogP contribution in [-0.4, -0.2) is 22.0 Å². The number of hydrogen-bond donors (Lipinski definition) is 1. The number of amides is 1. The third kappa shape index (κ3) is 2.48. The van der Waals surface area contributed by atoms with Gasteiger partial charge in [-0.05, 0) is 23.9 Å². The fraction of sp³-hybridized carbons (Fsp3) is 0.250. The van der Waals surface area contributed by atoms with E-state index in [0.717, 1.165) is 0 Å². The van der Waals surface area contributed by atoms with Crippen LogP contribution in [0.5, 0.6) is 0 Å². The topological polar surface area (TPSA) is 54.9 Å². The Balaban J connectivity index is 1.91. The molecule has 4 nitrogen and oxygen atoms in total. The number of pyridine rings is 2. The highest BCUT2D eigenvalue weighted by molar-refractivity contribution is 6.36. The van der Waals surface area contributed by atoms with Crippen molar-refractivity contribution in [2.75, 3.05) is 5.32 Å². The second kappa shape index (κ2) is 4.58. The van der Waals surface area contributed by atoms with Gasteiger partial charge in [-0.15, -0.1) is 0 Å². The predicted octanol–water partition coefficient (Wildman–Crippen LogP) is 3.23. The van der Waals surface area contributed by atoms with E-state index in [1.165, 1.54) is 6.20 Å². The number of nitrogens with one attached hydrogen (secondary N) is 1. The van der Waals surface area contributed by atoms with Gasteiger partial charge in [0.2, 0.25) is 5.91 Å². The van der Waals surface area contributed by atoms with Crippen molar-refractivity contribution in [3.8, 4) is 0 Å². The first-order valence-corrected chi connectivity index (χ1v) is 6.37. The minimum absolute atomic E-state index is 0.249. The van der Waals surface area contributed by atoms with Crippen LogP contribution in [0.4, 0.5) is 10.2 Å². The van der Waals surface area contributed by atoms with Gasteiger partial charge in [-0.25, -0.2) is 14.4 Å². The second-order valence-electron chi connectivity index (χ2n) is 4.37. The zero-order chi connectivity index (χ0) is 13.6. The summed E-state index contributed by atoms with van der Waals surface area (Å²) in [7, 11) is 0. The van der Waals surface area contributed by atoms with Crippen molar-refractivity contribution in [3.63, 3.8) is 0 Å². The van der Waals surface area contributed by atoms with Crippen LogP contribution in [-0.2, 0) is 4.79 Å². The van der Waals surface area contributed by atoms with Gasteiger partial charge in [0.1, 0.15) is 22.3 Å². The molecule has 2 heterocycles. The SMILES string of the molecule is O=C(Nc1cc2cc(Cl)nc(Cl)c2cn1)C1CC1F. The first-order valence-electron chi connectivity index (χ1n) is 5.61. The summed E-state index contributed by atoms with van der Waals surface area (Å²) >= 11 is 11.7. The normalized spacial score (nSPS) is 21.4. The molecule has 7 heteroatoms. The van der Waals surface area contributed by atoms with Crippen molar-refractivity contribution in [3.05, 3.63) is 28.6 Å². The van der Waals surface area contributed by atoms with Crippen molar-refractivity contribution >= 4 is 45.7 Å². The van der Waals surface area contributed by atoms with Crippen LogP contribution in [0.3, 0.4) is 0 Å². The lowest BCUT2D eigenvalue weighted by Crippen LogP contribution is -2.15. The van der Waals surface area contributed by atoms with E-state index in [9.17, 15) is 9.18 Å². The fourth-order valence-electron chi connectivity index (χ4n) is 1.80. The highest BCUT2D eigenvalue weighted by atomic mass is 35.5. The average molecular weight is 300 g/mol. The molecule has 2 aromatic heterocycles. The lowest BCUT2D eigenvalue weighted by molar-refractivity contribution is -0.117. The monoisotopic (exact) mass is 299 g/mol. The molecule has 98 valence electrons. The average Bonchev–Trinajstić information content (AvgIpc) is 3.05. The highest BCUT2D eigenvalue weighted by Gasteiger charge is 2.43. The Labute approximate surface area is 117 Å². The molecule has 1 aliphatic rings. The van der Waals surface area contributed by atoms with Crippen molar-refractivity contribution in [1.29, 1.82) is 0 Å². The predicted molar refractivity (Wildman–Crippen MR) is 71.2 cm³/mol. The van der Waals surface area contributed by atoms with E-state index in [-0.39, 0.29) is 22.6 Å². The molecule has 0 aliphatic heterocycles. The van der Waals surface area contributed by atoms with Crippen molar-refractivity contribution in [1.82, 2.24) is 9.97 Å². The van der Waals surface area contributed by atoms with Gasteiger partial charge in [0.05, 0.1) is 5.92 Å². The number of anilines is 1. The van der Waals surface area contributed by atoms with Crippen LogP contribution in [0.15, 0.2) is 18.3 Å². The van der Waals surface area contributed by atoms with Crippen LogP contribution in [0, 0.1) is 5.92 Å². The van der Waals surface area contributed by atoms with Gasteiger partial charge < -0.3 is 5.32 Å². The number of carbonyl (C=O) groups excluding carboxylic acids is 1. The Bertz CT molecular complexity index is 679. The van der Waals surface area contributed by atoms with Crippen LogP contribution in [0.25, 0.3) is 10.8 Å². The number of hydrogen-bond acceptors (Lipinski definition) is 3. The number of fused-ring (bicyclic) bond motifs is 1. The van der Waals surface area contributed by atoms with E-state index in [0.29, 0.717) is 16.6 Å². The minimum atomic E-state index is -1.03. The highest BCUT2D eigenvalue weighted by Crippen LogP contribution is 2.34. The van der Waals surface area contributed by atoms with E-state index in [4.69, 9.17) is 23.2 Å². The van der Waals surface area contributed by atoms with Gasteiger partial charge in [0.25, 0.3) is 0 Å². The van der Waals surface area contributed by atoms with Gasteiger partial charge in [-0.1, -0.05) is 23.2 Å². The summed E-state index contributed by atoms with van der Waals surface area (Å²) in [6.07, 6.45) is 0.741. The zero-order valence-corrected chi connectivity index (χ0v) is 11.0. The maximum Gasteiger partial charge on any atom is 0.231 e. The summed E-state index contributed by atoms with van der Waals surface area (Å²) < 4.78 is 12.8. The van der Waals surface area contributed by atoms with Crippen LogP contribution >= 0.6 is 23.2 Å². The standard InChI is InChI=1S/C12H8Cl2FN3O/c13-9-1-5-2-10(16-4-7(5)11(14)17-9)18-12(19)6-3-8(6)15/h1-2,4,6,8H,3H2,(H,16,18,19). The van der Waals surface area contributed by atoms with Gasteiger partial charge >= 0.3 is 0 Å². The summed E-state index contributed by atoms with van der Waals surface area (Å²) in [5.74, 6) is -0.567. The molecule has 0 bridgehead atoms. The molecule has 1 amide bonds. The molecule has 1 saturated carbocycles. The Kier molecular flexibility index (Phi) is 3.03. The quantitative estimate of drug-likeness (QED) is 0.866. The van der Waals surface area contributed by atoms with Crippen LogP contribution < -0.4 is 5.32 Å². The van der Waals surface area contributed by atoms with E-state index in [1.807, 2.05) is 0 Å². The summed E-state index contributed by atoms with van der Waals surface area (Å²) in [6, 6.07) is 3.25. The van der Waals surface area contributed by atoms with E-state index in [1.54, 1.807) is 12.1 Å². The number of aromatic nitrogens is 2. The largest absolute Gasteiger partial charge is 0.310 e. The Morgan fingerprint density at radius 2 is 2.16 bits per heavy atom. The molecule has 2 unspecified atom stereocenters. The van der Waals surface area contributed by atoms with Crippen molar-refractivity contribution < 1.29 is 9.18 Å². The zero-order valence-electron chi connectivity index (χ0n) is 9.53. The fourth-order valence-corrected chi connectivity index (χ4v) is 2.29. The third-order valence-electron chi connectivity index (χ3n) is 2.94. The molecule has 0 aromatic carbocycles. The number of alkyl halides is 1. The molecule has 2 atom stereocenters. The third-order valence-corrected chi connectivity index (χ3v) is 3.42. The molecule has 0 spiro atoms. The number of carbonyl (C=O) groups is 1. The lowest BCUT2D eigenvalue weighted by Gasteiger charge is -2.05. The number of rotatable bonds is 2.